The molecule has 1 aliphatic heterocycles. The van der Waals surface area contributed by atoms with Gasteiger partial charge in [-0.05, 0) is 26.2 Å². The molecule has 19 heavy (non-hydrogen) atoms. The molecule has 108 valence electrons. The van der Waals surface area contributed by atoms with E-state index in [1.54, 1.807) is 11.8 Å². The SMILES string of the molecule is COc1c(C(CN)N2CC(C)CC2C)c(C)nn1C. The Bertz CT molecular complexity index is 443. The van der Waals surface area contributed by atoms with Crippen LogP contribution in [0.15, 0.2) is 0 Å². The largest absolute Gasteiger partial charge is 0.481 e. The van der Waals surface area contributed by atoms with Gasteiger partial charge in [-0.15, -0.1) is 0 Å². The number of aromatic nitrogens is 2. The Morgan fingerprint density at radius 3 is 2.63 bits per heavy atom. The van der Waals surface area contributed by atoms with Gasteiger partial charge >= 0.3 is 0 Å². The van der Waals surface area contributed by atoms with Crippen LogP contribution in [0.3, 0.4) is 0 Å². The summed E-state index contributed by atoms with van der Waals surface area (Å²) in [5.74, 6) is 1.56. The highest BCUT2D eigenvalue weighted by atomic mass is 16.5. The monoisotopic (exact) mass is 266 g/mol. The molecule has 3 unspecified atom stereocenters. The third-order valence-electron chi connectivity index (χ3n) is 4.20. The molecule has 0 bridgehead atoms. The number of rotatable bonds is 4. The van der Waals surface area contributed by atoms with Crippen molar-refractivity contribution in [1.29, 1.82) is 0 Å². The molecule has 1 fully saturated rings. The van der Waals surface area contributed by atoms with Crippen LogP contribution in [0.25, 0.3) is 0 Å². The lowest BCUT2D eigenvalue weighted by Crippen LogP contribution is -2.36. The van der Waals surface area contributed by atoms with Crippen LogP contribution in [0, 0.1) is 12.8 Å². The molecule has 2 rings (SSSR count). The maximum atomic E-state index is 6.06. The number of likely N-dealkylation sites (tertiary alicyclic amines) is 1. The molecule has 0 spiro atoms. The Kier molecular flexibility index (Phi) is 4.16. The van der Waals surface area contributed by atoms with E-state index in [0.717, 1.165) is 29.6 Å². The van der Waals surface area contributed by atoms with Crippen molar-refractivity contribution in [2.24, 2.45) is 18.7 Å². The molecule has 0 radical (unpaired) electrons. The predicted molar refractivity (Wildman–Crippen MR) is 76.2 cm³/mol. The van der Waals surface area contributed by atoms with E-state index < -0.39 is 0 Å². The van der Waals surface area contributed by atoms with Gasteiger partial charge in [0.15, 0.2) is 0 Å². The van der Waals surface area contributed by atoms with Crippen molar-refractivity contribution in [2.75, 3.05) is 20.2 Å². The average molecular weight is 266 g/mol. The molecule has 2 heterocycles. The van der Waals surface area contributed by atoms with Gasteiger partial charge in [0.25, 0.3) is 0 Å². The highest BCUT2D eigenvalue weighted by Crippen LogP contribution is 2.36. The third kappa shape index (κ3) is 2.49. The molecule has 0 amide bonds. The van der Waals surface area contributed by atoms with E-state index in [4.69, 9.17) is 10.5 Å². The van der Waals surface area contributed by atoms with E-state index in [2.05, 4.69) is 23.8 Å². The Balaban J connectivity index is 2.37. The van der Waals surface area contributed by atoms with Crippen LogP contribution in [-0.4, -0.2) is 40.9 Å². The van der Waals surface area contributed by atoms with Gasteiger partial charge in [-0.3, -0.25) is 4.90 Å². The highest BCUT2D eigenvalue weighted by Gasteiger charge is 2.35. The molecule has 0 aliphatic carbocycles. The molecule has 5 heteroatoms. The zero-order valence-corrected chi connectivity index (χ0v) is 12.7. The van der Waals surface area contributed by atoms with Crippen LogP contribution < -0.4 is 10.5 Å². The number of hydrogen-bond acceptors (Lipinski definition) is 4. The van der Waals surface area contributed by atoms with Crippen molar-refractivity contribution < 1.29 is 4.74 Å². The lowest BCUT2D eigenvalue weighted by atomic mass is 10.0. The first kappa shape index (κ1) is 14.3. The minimum Gasteiger partial charge on any atom is -0.481 e. The molecule has 3 atom stereocenters. The van der Waals surface area contributed by atoms with Gasteiger partial charge < -0.3 is 10.5 Å². The first-order valence-corrected chi connectivity index (χ1v) is 7.02. The standard InChI is InChI=1S/C14H26N4O/c1-9-6-10(2)18(8-9)12(7-15)13-11(3)16-17(4)14(13)19-5/h9-10,12H,6-8,15H2,1-5H3. The Hall–Kier alpha value is -1.07. The van der Waals surface area contributed by atoms with Gasteiger partial charge in [0.05, 0.1) is 24.4 Å². The number of hydrogen-bond donors (Lipinski definition) is 1. The summed E-state index contributed by atoms with van der Waals surface area (Å²) < 4.78 is 7.32. The first-order chi connectivity index (χ1) is 8.99. The van der Waals surface area contributed by atoms with Crippen molar-refractivity contribution in [3.63, 3.8) is 0 Å². The summed E-state index contributed by atoms with van der Waals surface area (Å²) in [6.07, 6.45) is 1.23. The molecule has 1 aliphatic rings. The van der Waals surface area contributed by atoms with Gasteiger partial charge in [-0.25, -0.2) is 4.68 Å². The van der Waals surface area contributed by atoms with E-state index in [-0.39, 0.29) is 6.04 Å². The molecular weight excluding hydrogens is 240 g/mol. The molecule has 1 aromatic rings. The molecule has 0 aromatic carbocycles. The second-order valence-corrected chi connectivity index (χ2v) is 5.77. The van der Waals surface area contributed by atoms with Crippen molar-refractivity contribution in [3.8, 4) is 5.88 Å². The summed E-state index contributed by atoms with van der Waals surface area (Å²) in [6, 6.07) is 0.761. The van der Waals surface area contributed by atoms with E-state index >= 15 is 0 Å². The van der Waals surface area contributed by atoms with Gasteiger partial charge in [-0.2, -0.15) is 5.10 Å². The highest BCUT2D eigenvalue weighted by molar-refractivity contribution is 5.35. The number of ether oxygens (including phenoxy) is 1. The molecule has 1 saturated heterocycles. The summed E-state index contributed by atoms with van der Waals surface area (Å²) in [5, 5.41) is 4.48. The van der Waals surface area contributed by atoms with Crippen LogP contribution in [0.4, 0.5) is 0 Å². The molecule has 1 aromatic heterocycles. The fourth-order valence-electron chi connectivity index (χ4n) is 3.46. The zero-order chi connectivity index (χ0) is 14.2. The van der Waals surface area contributed by atoms with Gasteiger partial charge in [-0.1, -0.05) is 6.92 Å². The van der Waals surface area contributed by atoms with E-state index in [1.807, 2.05) is 14.0 Å². The Morgan fingerprint density at radius 2 is 2.16 bits per heavy atom. The van der Waals surface area contributed by atoms with Gasteiger partial charge in [0.2, 0.25) is 5.88 Å². The quantitative estimate of drug-likeness (QED) is 0.896. The zero-order valence-electron chi connectivity index (χ0n) is 12.7. The minimum atomic E-state index is 0.198. The summed E-state index contributed by atoms with van der Waals surface area (Å²) >= 11 is 0. The summed E-state index contributed by atoms with van der Waals surface area (Å²) in [4.78, 5) is 2.50. The van der Waals surface area contributed by atoms with Crippen molar-refractivity contribution in [1.82, 2.24) is 14.7 Å². The maximum Gasteiger partial charge on any atom is 0.216 e. The Labute approximate surface area is 115 Å². The van der Waals surface area contributed by atoms with Gasteiger partial charge in [0.1, 0.15) is 0 Å². The topological polar surface area (TPSA) is 56.3 Å². The van der Waals surface area contributed by atoms with Crippen molar-refractivity contribution in [2.45, 2.75) is 39.3 Å². The smallest absolute Gasteiger partial charge is 0.216 e. The first-order valence-electron chi connectivity index (χ1n) is 7.02. The number of methoxy groups -OCH3 is 1. The number of aryl methyl sites for hydroxylation is 2. The predicted octanol–water partition coefficient (Wildman–Crippen LogP) is 1.47. The Morgan fingerprint density at radius 1 is 1.47 bits per heavy atom. The van der Waals surface area contributed by atoms with E-state index in [9.17, 15) is 0 Å². The second-order valence-electron chi connectivity index (χ2n) is 5.77. The van der Waals surface area contributed by atoms with Crippen LogP contribution in [-0.2, 0) is 7.05 Å². The molecule has 2 N–H and O–H groups in total. The van der Waals surface area contributed by atoms with Gasteiger partial charge in [0, 0.05) is 26.2 Å². The van der Waals surface area contributed by atoms with Crippen LogP contribution in [0.5, 0.6) is 5.88 Å². The third-order valence-corrected chi connectivity index (χ3v) is 4.20. The molecule has 5 nitrogen and oxygen atoms in total. The van der Waals surface area contributed by atoms with Crippen molar-refractivity contribution >= 4 is 0 Å². The van der Waals surface area contributed by atoms with Crippen LogP contribution in [0.1, 0.15) is 37.6 Å². The summed E-state index contributed by atoms with van der Waals surface area (Å²) in [5.41, 5.74) is 8.22. The minimum absolute atomic E-state index is 0.198. The van der Waals surface area contributed by atoms with Crippen LogP contribution in [0.2, 0.25) is 0 Å². The maximum absolute atomic E-state index is 6.06. The molecular formula is C14H26N4O. The van der Waals surface area contributed by atoms with E-state index in [1.165, 1.54) is 6.42 Å². The normalized spacial score (nSPS) is 25.8. The molecule has 0 saturated carbocycles. The van der Waals surface area contributed by atoms with Crippen molar-refractivity contribution in [3.05, 3.63) is 11.3 Å². The van der Waals surface area contributed by atoms with Crippen LogP contribution >= 0.6 is 0 Å². The summed E-state index contributed by atoms with van der Waals surface area (Å²) in [6.45, 7) is 8.31. The number of nitrogens with two attached hydrogens (primary N) is 1. The lowest BCUT2D eigenvalue weighted by Gasteiger charge is -2.31. The van der Waals surface area contributed by atoms with E-state index in [0.29, 0.717) is 12.6 Å². The number of nitrogens with zero attached hydrogens (tertiary/aromatic N) is 3. The lowest BCUT2D eigenvalue weighted by molar-refractivity contribution is 0.187. The summed E-state index contributed by atoms with van der Waals surface area (Å²) in [7, 11) is 3.61. The fraction of sp³-hybridized carbons (Fsp3) is 0.786. The fourth-order valence-corrected chi connectivity index (χ4v) is 3.46. The second kappa shape index (κ2) is 5.51. The average Bonchev–Trinajstić information content (AvgIpc) is 2.81.